The molecule has 0 aliphatic heterocycles. The molecule has 1 amide bonds. The number of hydrogen-bond donors (Lipinski definition) is 1. The highest BCUT2D eigenvalue weighted by Gasteiger charge is 2.20. The Morgan fingerprint density at radius 1 is 1.31 bits per heavy atom. The van der Waals surface area contributed by atoms with Crippen LogP contribution in [0.25, 0.3) is 5.78 Å². The van der Waals surface area contributed by atoms with Gasteiger partial charge in [0.15, 0.2) is 5.78 Å². The van der Waals surface area contributed by atoms with E-state index >= 15 is 0 Å². The van der Waals surface area contributed by atoms with Gasteiger partial charge in [0.05, 0.1) is 23.0 Å². The second-order valence-corrected chi connectivity index (χ2v) is 6.28. The van der Waals surface area contributed by atoms with E-state index in [1.807, 2.05) is 29.8 Å². The number of aryl methyl sites for hydroxylation is 1. The van der Waals surface area contributed by atoms with E-state index in [1.54, 1.807) is 24.7 Å². The number of Topliss-reactive ketones (excluding diaryl/α,β-unsaturated/α-hetero) is 1. The third-order valence-electron chi connectivity index (χ3n) is 4.38. The van der Waals surface area contributed by atoms with Gasteiger partial charge in [-0.2, -0.15) is 5.10 Å². The van der Waals surface area contributed by atoms with Gasteiger partial charge in [0, 0.05) is 24.3 Å². The van der Waals surface area contributed by atoms with Crippen LogP contribution < -0.4 is 5.32 Å². The summed E-state index contributed by atoms with van der Waals surface area (Å²) in [6, 6.07) is 1.61. The molecule has 0 aromatic carbocycles. The number of carbonyl (C=O) groups excluding carboxylic acids is 2. The quantitative estimate of drug-likeness (QED) is 0.684. The van der Waals surface area contributed by atoms with E-state index in [-0.39, 0.29) is 24.3 Å². The Kier molecular flexibility index (Phi) is 4.83. The largest absolute Gasteiger partial charge is 0.346 e. The van der Waals surface area contributed by atoms with Gasteiger partial charge in [0.1, 0.15) is 6.54 Å². The van der Waals surface area contributed by atoms with Crippen LogP contribution in [0.4, 0.5) is 0 Å². The van der Waals surface area contributed by atoms with Crippen molar-refractivity contribution in [1.82, 2.24) is 29.5 Å². The lowest BCUT2D eigenvalue weighted by atomic mass is 10.1. The summed E-state index contributed by atoms with van der Waals surface area (Å²) in [5.41, 5.74) is 2.69. The molecule has 3 rings (SSSR count). The van der Waals surface area contributed by atoms with E-state index in [2.05, 4.69) is 20.4 Å². The minimum Gasteiger partial charge on any atom is -0.346 e. The van der Waals surface area contributed by atoms with Gasteiger partial charge in [0.2, 0.25) is 11.7 Å². The number of rotatable bonds is 6. The standard InChI is InChI=1S/C18H22N6O2/c1-5-14(15-9-23-8-6-7-19-18(23)21-15)20-16(26)10-24-12(3)17(13(4)25)11(2)22-24/h6-9,14H,5,10H2,1-4H3,(H,20,26). The molecule has 1 N–H and O–H groups in total. The normalized spacial score (nSPS) is 12.3. The van der Waals surface area contributed by atoms with Crippen molar-refractivity contribution in [3.8, 4) is 0 Å². The molecule has 3 aromatic heterocycles. The molecule has 0 spiro atoms. The molecule has 8 heteroatoms. The minimum atomic E-state index is -0.214. The maximum atomic E-state index is 12.5. The lowest BCUT2D eigenvalue weighted by Crippen LogP contribution is -2.32. The molecular weight excluding hydrogens is 332 g/mol. The van der Waals surface area contributed by atoms with E-state index in [4.69, 9.17) is 0 Å². The SMILES string of the molecule is CCC(NC(=O)Cn1nc(C)c(C(C)=O)c1C)c1cn2cccnc2n1. The number of fused-ring (bicyclic) bond motifs is 1. The highest BCUT2D eigenvalue weighted by Crippen LogP contribution is 2.17. The summed E-state index contributed by atoms with van der Waals surface area (Å²) in [5, 5.41) is 7.31. The van der Waals surface area contributed by atoms with Gasteiger partial charge in [-0.05, 0) is 33.3 Å². The third-order valence-corrected chi connectivity index (χ3v) is 4.38. The molecule has 0 saturated carbocycles. The highest BCUT2D eigenvalue weighted by atomic mass is 16.2. The predicted octanol–water partition coefficient (Wildman–Crippen LogP) is 2.01. The molecule has 3 aromatic rings. The first-order valence-corrected chi connectivity index (χ1v) is 8.54. The fourth-order valence-electron chi connectivity index (χ4n) is 3.14. The zero-order chi connectivity index (χ0) is 18.8. The lowest BCUT2D eigenvalue weighted by Gasteiger charge is -2.15. The second-order valence-electron chi connectivity index (χ2n) is 6.28. The van der Waals surface area contributed by atoms with E-state index in [0.717, 1.165) is 5.69 Å². The van der Waals surface area contributed by atoms with Crippen molar-refractivity contribution in [2.45, 2.75) is 46.7 Å². The summed E-state index contributed by atoms with van der Waals surface area (Å²) >= 11 is 0. The molecule has 0 bridgehead atoms. The van der Waals surface area contributed by atoms with Crippen molar-refractivity contribution in [1.29, 1.82) is 0 Å². The van der Waals surface area contributed by atoms with Crippen LogP contribution in [0, 0.1) is 13.8 Å². The van der Waals surface area contributed by atoms with E-state index < -0.39 is 0 Å². The summed E-state index contributed by atoms with van der Waals surface area (Å²) in [6.45, 7) is 7.12. The maximum Gasteiger partial charge on any atom is 0.242 e. The van der Waals surface area contributed by atoms with Gasteiger partial charge in [0.25, 0.3) is 0 Å². The van der Waals surface area contributed by atoms with E-state index in [0.29, 0.717) is 29.1 Å². The van der Waals surface area contributed by atoms with Gasteiger partial charge in [-0.15, -0.1) is 0 Å². The van der Waals surface area contributed by atoms with Crippen LogP contribution >= 0.6 is 0 Å². The molecule has 1 atom stereocenters. The van der Waals surface area contributed by atoms with Gasteiger partial charge in [-0.3, -0.25) is 18.7 Å². The molecule has 0 radical (unpaired) electrons. The average Bonchev–Trinajstić information content (AvgIpc) is 3.13. The van der Waals surface area contributed by atoms with Crippen LogP contribution in [0.2, 0.25) is 0 Å². The Morgan fingerprint density at radius 2 is 2.08 bits per heavy atom. The summed E-state index contributed by atoms with van der Waals surface area (Å²) in [4.78, 5) is 32.9. The molecular formula is C18H22N6O2. The Labute approximate surface area is 151 Å². The fourth-order valence-corrected chi connectivity index (χ4v) is 3.14. The van der Waals surface area contributed by atoms with Crippen molar-refractivity contribution < 1.29 is 9.59 Å². The number of amides is 1. The lowest BCUT2D eigenvalue weighted by molar-refractivity contribution is -0.122. The van der Waals surface area contributed by atoms with Gasteiger partial charge < -0.3 is 5.32 Å². The zero-order valence-electron chi connectivity index (χ0n) is 15.4. The van der Waals surface area contributed by atoms with Crippen LogP contribution in [0.5, 0.6) is 0 Å². The number of ketones is 1. The Hall–Kier alpha value is -3.03. The molecule has 136 valence electrons. The van der Waals surface area contributed by atoms with Crippen LogP contribution in [0.3, 0.4) is 0 Å². The second kappa shape index (κ2) is 7.07. The van der Waals surface area contributed by atoms with Gasteiger partial charge in [-0.1, -0.05) is 6.92 Å². The first kappa shape index (κ1) is 17.8. The number of aromatic nitrogens is 5. The average molecular weight is 354 g/mol. The van der Waals surface area contributed by atoms with Gasteiger partial charge >= 0.3 is 0 Å². The Morgan fingerprint density at radius 3 is 2.69 bits per heavy atom. The van der Waals surface area contributed by atoms with Crippen molar-refractivity contribution in [2.75, 3.05) is 0 Å². The van der Waals surface area contributed by atoms with E-state index in [1.165, 1.54) is 6.92 Å². The van der Waals surface area contributed by atoms with Crippen LogP contribution in [-0.4, -0.2) is 35.8 Å². The van der Waals surface area contributed by atoms with Crippen LogP contribution in [0.15, 0.2) is 24.7 Å². The number of hydrogen-bond acceptors (Lipinski definition) is 5. The number of nitrogens with one attached hydrogen (secondary N) is 1. The molecule has 0 aliphatic rings. The Bertz CT molecular complexity index is 938. The number of imidazole rings is 1. The molecule has 0 fully saturated rings. The molecule has 8 nitrogen and oxygen atoms in total. The summed E-state index contributed by atoms with van der Waals surface area (Å²) in [5.74, 6) is 0.373. The van der Waals surface area contributed by atoms with Gasteiger partial charge in [-0.25, -0.2) is 9.97 Å². The Balaban J connectivity index is 1.76. The van der Waals surface area contributed by atoms with E-state index in [9.17, 15) is 9.59 Å². The first-order chi connectivity index (χ1) is 12.4. The number of nitrogens with zero attached hydrogens (tertiary/aromatic N) is 5. The fraction of sp³-hybridized carbons (Fsp3) is 0.389. The van der Waals surface area contributed by atoms with Crippen LogP contribution in [0.1, 0.15) is 53.7 Å². The molecule has 1 unspecified atom stereocenters. The summed E-state index contributed by atoms with van der Waals surface area (Å²) < 4.78 is 3.39. The van der Waals surface area contributed by atoms with Crippen molar-refractivity contribution in [2.24, 2.45) is 0 Å². The predicted molar refractivity (Wildman–Crippen MR) is 95.9 cm³/mol. The maximum absolute atomic E-state index is 12.5. The van der Waals surface area contributed by atoms with Crippen molar-refractivity contribution in [3.05, 3.63) is 47.3 Å². The van der Waals surface area contributed by atoms with Crippen molar-refractivity contribution in [3.63, 3.8) is 0 Å². The molecule has 3 heterocycles. The minimum absolute atomic E-state index is 0.0460. The summed E-state index contributed by atoms with van der Waals surface area (Å²) in [7, 11) is 0. The third kappa shape index (κ3) is 3.35. The monoisotopic (exact) mass is 354 g/mol. The molecule has 26 heavy (non-hydrogen) atoms. The first-order valence-electron chi connectivity index (χ1n) is 8.54. The smallest absolute Gasteiger partial charge is 0.242 e. The summed E-state index contributed by atoms with van der Waals surface area (Å²) in [6.07, 6.45) is 6.12. The highest BCUT2D eigenvalue weighted by molar-refractivity contribution is 5.96. The zero-order valence-corrected chi connectivity index (χ0v) is 15.4. The topological polar surface area (TPSA) is 94.2 Å². The number of carbonyl (C=O) groups is 2. The van der Waals surface area contributed by atoms with Crippen molar-refractivity contribution >= 4 is 17.5 Å². The molecule has 0 saturated heterocycles. The molecule has 0 aliphatic carbocycles. The van der Waals surface area contributed by atoms with Crippen LogP contribution in [-0.2, 0) is 11.3 Å².